The third-order valence-electron chi connectivity index (χ3n) is 4.33. The number of ether oxygens (including phenoxy) is 1. The van der Waals surface area contributed by atoms with Crippen LogP contribution in [0.1, 0.15) is 32.3 Å². The Kier molecular flexibility index (Phi) is 6.77. The Hall–Kier alpha value is -1.93. The summed E-state index contributed by atoms with van der Waals surface area (Å²) >= 11 is 0. The van der Waals surface area contributed by atoms with Gasteiger partial charge in [0.25, 0.3) is 5.91 Å². The van der Waals surface area contributed by atoms with Crippen molar-refractivity contribution in [3.8, 4) is 0 Å². The Morgan fingerprint density at radius 2 is 1.73 bits per heavy atom. The molecule has 7 nitrogen and oxygen atoms in total. The molecule has 1 aliphatic heterocycles. The summed E-state index contributed by atoms with van der Waals surface area (Å²) in [6.45, 7) is 6.26. The van der Waals surface area contributed by atoms with Gasteiger partial charge in [0.1, 0.15) is 6.04 Å². The van der Waals surface area contributed by atoms with Crippen molar-refractivity contribution < 1.29 is 22.7 Å². The van der Waals surface area contributed by atoms with Gasteiger partial charge < -0.3 is 9.64 Å². The van der Waals surface area contributed by atoms with Crippen LogP contribution in [-0.4, -0.2) is 50.9 Å². The number of sulfonamides is 1. The number of aryl methyl sites for hydroxylation is 1. The van der Waals surface area contributed by atoms with Crippen molar-refractivity contribution in [3.63, 3.8) is 0 Å². The molecule has 0 radical (unpaired) electrons. The van der Waals surface area contributed by atoms with Crippen LogP contribution in [0.5, 0.6) is 0 Å². The second kappa shape index (κ2) is 8.64. The summed E-state index contributed by atoms with van der Waals surface area (Å²) in [5.74, 6) is -1.33. The van der Waals surface area contributed by atoms with Crippen LogP contribution in [0.25, 0.3) is 0 Å². The lowest BCUT2D eigenvalue weighted by Gasteiger charge is -2.21. The van der Waals surface area contributed by atoms with E-state index in [1.54, 1.807) is 30.9 Å². The summed E-state index contributed by atoms with van der Waals surface area (Å²) in [7, 11) is -3.87. The van der Waals surface area contributed by atoms with Crippen molar-refractivity contribution >= 4 is 21.9 Å². The molecule has 1 N–H and O–H groups in total. The SMILES string of the molecule is Cc1ccc(S(=O)(=O)NC(C(=O)OCC(=O)N2CCCC2)C(C)C)cc1. The number of nitrogens with zero attached hydrogens (tertiary/aromatic N) is 1. The van der Waals surface area contributed by atoms with Crippen molar-refractivity contribution in [1.29, 1.82) is 0 Å². The third kappa shape index (κ3) is 5.28. The van der Waals surface area contributed by atoms with Crippen LogP contribution >= 0.6 is 0 Å². The van der Waals surface area contributed by atoms with E-state index >= 15 is 0 Å². The van der Waals surface area contributed by atoms with Crippen LogP contribution in [0.3, 0.4) is 0 Å². The van der Waals surface area contributed by atoms with Gasteiger partial charge in [0.2, 0.25) is 10.0 Å². The molecule has 1 saturated heterocycles. The van der Waals surface area contributed by atoms with Crippen LogP contribution in [0, 0.1) is 12.8 Å². The summed E-state index contributed by atoms with van der Waals surface area (Å²) in [5.41, 5.74) is 0.934. The zero-order valence-corrected chi connectivity index (χ0v) is 16.2. The zero-order valence-electron chi connectivity index (χ0n) is 15.4. The molecule has 1 unspecified atom stereocenters. The van der Waals surface area contributed by atoms with E-state index in [-0.39, 0.29) is 23.3 Å². The highest BCUT2D eigenvalue weighted by Crippen LogP contribution is 2.14. The van der Waals surface area contributed by atoms with Gasteiger partial charge in [0.05, 0.1) is 4.90 Å². The fourth-order valence-electron chi connectivity index (χ4n) is 2.69. The van der Waals surface area contributed by atoms with E-state index < -0.39 is 22.0 Å². The minimum Gasteiger partial charge on any atom is -0.454 e. The number of carbonyl (C=O) groups excluding carboxylic acids is 2. The highest BCUT2D eigenvalue weighted by Gasteiger charge is 2.30. The molecular formula is C18H26N2O5S. The Bertz CT molecular complexity index is 737. The summed E-state index contributed by atoms with van der Waals surface area (Å²) in [6.07, 6.45) is 1.90. The van der Waals surface area contributed by atoms with Crippen LogP contribution in [0.4, 0.5) is 0 Å². The first-order valence-electron chi connectivity index (χ1n) is 8.74. The van der Waals surface area contributed by atoms with Gasteiger partial charge in [-0.3, -0.25) is 9.59 Å². The molecule has 0 saturated carbocycles. The fourth-order valence-corrected chi connectivity index (χ4v) is 4.02. The van der Waals surface area contributed by atoms with Crippen LogP contribution in [0.15, 0.2) is 29.2 Å². The molecule has 1 heterocycles. The molecule has 0 aliphatic carbocycles. The monoisotopic (exact) mass is 382 g/mol. The molecule has 26 heavy (non-hydrogen) atoms. The van der Waals surface area contributed by atoms with Gasteiger partial charge in [-0.25, -0.2) is 8.42 Å². The lowest BCUT2D eigenvalue weighted by Crippen LogP contribution is -2.46. The number of hydrogen-bond donors (Lipinski definition) is 1. The molecule has 1 aliphatic rings. The predicted molar refractivity (Wildman–Crippen MR) is 96.9 cm³/mol. The van der Waals surface area contributed by atoms with Gasteiger partial charge in [-0.1, -0.05) is 31.5 Å². The van der Waals surface area contributed by atoms with Gasteiger partial charge in [-0.2, -0.15) is 4.72 Å². The van der Waals surface area contributed by atoms with Crippen LogP contribution in [-0.2, 0) is 24.3 Å². The number of nitrogens with one attached hydrogen (secondary N) is 1. The van der Waals surface area contributed by atoms with E-state index in [9.17, 15) is 18.0 Å². The van der Waals surface area contributed by atoms with Gasteiger partial charge in [-0.15, -0.1) is 0 Å². The van der Waals surface area contributed by atoms with Crippen molar-refractivity contribution in [3.05, 3.63) is 29.8 Å². The molecule has 1 fully saturated rings. The summed E-state index contributed by atoms with van der Waals surface area (Å²) in [4.78, 5) is 26.1. The second-order valence-corrected chi connectivity index (χ2v) is 8.57. The van der Waals surface area contributed by atoms with E-state index in [0.717, 1.165) is 18.4 Å². The maximum Gasteiger partial charge on any atom is 0.324 e. The molecule has 1 amide bonds. The lowest BCUT2D eigenvalue weighted by molar-refractivity contribution is -0.153. The number of rotatable bonds is 7. The normalized spacial score (nSPS) is 15.9. The Morgan fingerprint density at radius 1 is 1.15 bits per heavy atom. The summed E-state index contributed by atoms with van der Waals surface area (Å²) in [6, 6.07) is 5.28. The number of amides is 1. The maximum atomic E-state index is 12.5. The molecule has 8 heteroatoms. The topological polar surface area (TPSA) is 92.8 Å². The highest BCUT2D eigenvalue weighted by molar-refractivity contribution is 7.89. The van der Waals surface area contributed by atoms with Gasteiger partial charge in [0, 0.05) is 13.1 Å². The zero-order chi connectivity index (χ0) is 19.3. The smallest absolute Gasteiger partial charge is 0.324 e. The molecular weight excluding hydrogens is 356 g/mol. The first-order chi connectivity index (χ1) is 12.2. The molecule has 2 rings (SSSR count). The Labute approximate surface area is 154 Å². The lowest BCUT2D eigenvalue weighted by atomic mass is 10.1. The molecule has 1 aromatic carbocycles. The highest BCUT2D eigenvalue weighted by atomic mass is 32.2. The summed E-state index contributed by atoms with van der Waals surface area (Å²) < 4.78 is 32.5. The van der Waals surface area contributed by atoms with Gasteiger partial charge in [0.15, 0.2) is 6.61 Å². The van der Waals surface area contributed by atoms with Crippen molar-refractivity contribution in [2.24, 2.45) is 5.92 Å². The molecule has 0 spiro atoms. The van der Waals surface area contributed by atoms with Crippen LogP contribution in [0.2, 0.25) is 0 Å². The van der Waals surface area contributed by atoms with E-state index in [4.69, 9.17) is 4.74 Å². The van der Waals surface area contributed by atoms with E-state index in [1.807, 2.05) is 6.92 Å². The van der Waals surface area contributed by atoms with Crippen molar-refractivity contribution in [2.45, 2.75) is 44.6 Å². The molecule has 1 aromatic rings. The first kappa shape index (κ1) is 20.4. The molecule has 0 bridgehead atoms. The predicted octanol–water partition coefficient (Wildman–Crippen LogP) is 1.46. The van der Waals surface area contributed by atoms with E-state index in [1.165, 1.54) is 12.1 Å². The Balaban J connectivity index is 2.01. The standard InChI is InChI=1S/C18H26N2O5S/c1-13(2)17(18(22)25-12-16(21)20-10-4-5-11-20)19-26(23,24)15-8-6-14(3)7-9-15/h6-9,13,17,19H,4-5,10-12H2,1-3H3. The largest absolute Gasteiger partial charge is 0.454 e. The maximum absolute atomic E-state index is 12.5. The number of hydrogen-bond acceptors (Lipinski definition) is 5. The Morgan fingerprint density at radius 3 is 2.27 bits per heavy atom. The minimum absolute atomic E-state index is 0.0784. The number of carbonyl (C=O) groups is 2. The van der Waals surface area contributed by atoms with E-state index in [2.05, 4.69) is 4.72 Å². The second-order valence-electron chi connectivity index (χ2n) is 6.85. The first-order valence-corrected chi connectivity index (χ1v) is 10.2. The molecule has 0 aromatic heterocycles. The van der Waals surface area contributed by atoms with E-state index in [0.29, 0.717) is 13.1 Å². The van der Waals surface area contributed by atoms with Crippen molar-refractivity contribution in [2.75, 3.05) is 19.7 Å². The fraction of sp³-hybridized carbons (Fsp3) is 0.556. The average Bonchev–Trinajstić information content (AvgIpc) is 3.12. The van der Waals surface area contributed by atoms with Crippen molar-refractivity contribution in [1.82, 2.24) is 9.62 Å². The molecule has 144 valence electrons. The minimum atomic E-state index is -3.87. The number of benzene rings is 1. The third-order valence-corrected chi connectivity index (χ3v) is 5.79. The average molecular weight is 382 g/mol. The quantitative estimate of drug-likeness (QED) is 0.721. The summed E-state index contributed by atoms with van der Waals surface area (Å²) in [5, 5.41) is 0. The molecule has 1 atom stereocenters. The van der Waals surface area contributed by atoms with Gasteiger partial charge in [-0.05, 0) is 37.8 Å². The number of likely N-dealkylation sites (tertiary alicyclic amines) is 1. The van der Waals surface area contributed by atoms with Crippen LogP contribution < -0.4 is 4.72 Å². The van der Waals surface area contributed by atoms with Gasteiger partial charge >= 0.3 is 5.97 Å². The number of esters is 1.